The number of hydrogen-bond acceptors (Lipinski definition) is 5. The van der Waals surface area contributed by atoms with Gasteiger partial charge >= 0.3 is 6.09 Å². The molecule has 0 bridgehead atoms. The van der Waals surface area contributed by atoms with E-state index in [-0.39, 0.29) is 11.8 Å². The van der Waals surface area contributed by atoms with E-state index < -0.39 is 6.09 Å². The van der Waals surface area contributed by atoms with E-state index in [0.717, 1.165) is 46.7 Å². The molecule has 1 aliphatic rings. The Morgan fingerprint density at radius 2 is 2.04 bits per heavy atom. The standard InChI is InChI=1S/C19H22BrN3O3/c1-11(24)16-9-22-17-7-4-13(20)8-15(17)18(16)23-14-5-2-12(3-6-14)10-26-19(21)25/h4,7-9,12,14H,2-3,5-6,10H2,1H3,(H2,21,25)(H,22,23). The second-order valence-corrected chi connectivity index (χ2v) is 7.67. The summed E-state index contributed by atoms with van der Waals surface area (Å²) in [4.78, 5) is 27.2. The number of aromatic nitrogens is 1. The van der Waals surface area contributed by atoms with Crippen LogP contribution in [0.2, 0.25) is 0 Å². The monoisotopic (exact) mass is 419 g/mol. The van der Waals surface area contributed by atoms with Gasteiger partial charge < -0.3 is 15.8 Å². The van der Waals surface area contributed by atoms with E-state index in [1.54, 1.807) is 13.1 Å². The highest BCUT2D eigenvalue weighted by molar-refractivity contribution is 9.10. The Morgan fingerprint density at radius 3 is 2.69 bits per heavy atom. The van der Waals surface area contributed by atoms with Gasteiger partial charge in [0.15, 0.2) is 5.78 Å². The van der Waals surface area contributed by atoms with Crippen molar-refractivity contribution in [2.75, 3.05) is 11.9 Å². The van der Waals surface area contributed by atoms with E-state index in [1.165, 1.54) is 0 Å². The van der Waals surface area contributed by atoms with Crippen LogP contribution in [0.4, 0.5) is 10.5 Å². The number of carbonyl (C=O) groups is 2. The van der Waals surface area contributed by atoms with Gasteiger partial charge in [0.25, 0.3) is 0 Å². The van der Waals surface area contributed by atoms with Gasteiger partial charge in [-0.3, -0.25) is 9.78 Å². The van der Waals surface area contributed by atoms with Crippen LogP contribution >= 0.6 is 15.9 Å². The third-order valence-corrected chi connectivity index (χ3v) is 5.36. The number of nitrogens with two attached hydrogens (primary N) is 1. The quantitative estimate of drug-likeness (QED) is 0.705. The lowest BCUT2D eigenvalue weighted by molar-refractivity contribution is 0.101. The van der Waals surface area contributed by atoms with Crippen LogP contribution in [-0.4, -0.2) is 29.5 Å². The number of benzene rings is 1. The Balaban J connectivity index is 1.78. The van der Waals surface area contributed by atoms with Crippen LogP contribution in [0.15, 0.2) is 28.9 Å². The number of Topliss-reactive ketones (excluding diaryl/α,β-unsaturated/α-hetero) is 1. The molecule has 1 heterocycles. The first kappa shape index (κ1) is 18.6. The number of halogens is 1. The zero-order valence-corrected chi connectivity index (χ0v) is 16.2. The fourth-order valence-electron chi connectivity index (χ4n) is 3.46. The van der Waals surface area contributed by atoms with E-state index in [1.807, 2.05) is 18.2 Å². The van der Waals surface area contributed by atoms with Crippen LogP contribution in [0.3, 0.4) is 0 Å². The molecule has 26 heavy (non-hydrogen) atoms. The number of nitrogens with one attached hydrogen (secondary N) is 1. The minimum atomic E-state index is -0.717. The molecule has 3 N–H and O–H groups in total. The molecular weight excluding hydrogens is 398 g/mol. The topological polar surface area (TPSA) is 94.3 Å². The molecule has 1 aromatic carbocycles. The number of anilines is 1. The van der Waals surface area contributed by atoms with Gasteiger partial charge in [0.05, 0.1) is 23.4 Å². The minimum Gasteiger partial charge on any atom is -0.449 e. The lowest BCUT2D eigenvalue weighted by Gasteiger charge is -2.30. The molecule has 0 aliphatic heterocycles. The molecule has 0 saturated heterocycles. The largest absolute Gasteiger partial charge is 0.449 e. The zero-order chi connectivity index (χ0) is 18.7. The third kappa shape index (κ3) is 4.33. The molecule has 0 spiro atoms. The first-order valence-electron chi connectivity index (χ1n) is 8.72. The van der Waals surface area contributed by atoms with Crippen molar-refractivity contribution in [1.82, 2.24) is 4.98 Å². The second kappa shape index (κ2) is 8.03. The van der Waals surface area contributed by atoms with Gasteiger partial charge in [-0.2, -0.15) is 0 Å². The molecule has 0 atom stereocenters. The summed E-state index contributed by atoms with van der Waals surface area (Å²) >= 11 is 3.50. The highest BCUT2D eigenvalue weighted by atomic mass is 79.9. The lowest BCUT2D eigenvalue weighted by Crippen LogP contribution is -2.29. The van der Waals surface area contributed by atoms with Gasteiger partial charge in [-0.15, -0.1) is 0 Å². The molecule has 138 valence electrons. The van der Waals surface area contributed by atoms with Crippen molar-refractivity contribution in [3.63, 3.8) is 0 Å². The Labute approximate surface area is 160 Å². The van der Waals surface area contributed by atoms with Gasteiger partial charge in [-0.25, -0.2) is 4.79 Å². The first-order valence-corrected chi connectivity index (χ1v) is 9.51. The predicted molar refractivity (Wildman–Crippen MR) is 104 cm³/mol. The molecule has 1 saturated carbocycles. The van der Waals surface area contributed by atoms with Gasteiger partial charge in [0, 0.05) is 22.1 Å². The number of carbonyl (C=O) groups excluding carboxylic acids is 2. The molecule has 0 unspecified atom stereocenters. The van der Waals surface area contributed by atoms with Crippen molar-refractivity contribution < 1.29 is 14.3 Å². The first-order chi connectivity index (χ1) is 12.4. The number of ether oxygens (including phenoxy) is 1. The number of fused-ring (bicyclic) bond motifs is 1. The van der Waals surface area contributed by atoms with Crippen LogP contribution < -0.4 is 11.1 Å². The summed E-state index contributed by atoms with van der Waals surface area (Å²) in [6.45, 7) is 1.94. The third-order valence-electron chi connectivity index (χ3n) is 4.87. The normalized spacial score (nSPS) is 19.9. The predicted octanol–water partition coefficient (Wildman–Crippen LogP) is 4.27. The van der Waals surface area contributed by atoms with Crippen LogP contribution in [0.5, 0.6) is 0 Å². The van der Waals surface area contributed by atoms with Crippen molar-refractivity contribution in [3.05, 3.63) is 34.4 Å². The van der Waals surface area contributed by atoms with Gasteiger partial charge in [0.2, 0.25) is 0 Å². The van der Waals surface area contributed by atoms with E-state index in [0.29, 0.717) is 18.1 Å². The Bertz CT molecular complexity index is 832. The van der Waals surface area contributed by atoms with Crippen LogP contribution in [0.25, 0.3) is 10.9 Å². The van der Waals surface area contributed by atoms with Gasteiger partial charge in [-0.1, -0.05) is 15.9 Å². The Kier molecular flexibility index (Phi) is 5.76. The maximum Gasteiger partial charge on any atom is 0.404 e. The average Bonchev–Trinajstić information content (AvgIpc) is 2.61. The fourth-order valence-corrected chi connectivity index (χ4v) is 3.83. The maximum absolute atomic E-state index is 12.1. The average molecular weight is 420 g/mol. The number of hydrogen-bond donors (Lipinski definition) is 2. The smallest absolute Gasteiger partial charge is 0.404 e. The van der Waals surface area contributed by atoms with Gasteiger partial charge in [-0.05, 0) is 56.7 Å². The minimum absolute atomic E-state index is 0.00887. The Hall–Kier alpha value is -2.15. The molecule has 0 radical (unpaired) electrons. The highest BCUT2D eigenvalue weighted by Crippen LogP contribution is 2.33. The van der Waals surface area contributed by atoms with E-state index >= 15 is 0 Å². The van der Waals surface area contributed by atoms with E-state index in [4.69, 9.17) is 10.5 Å². The van der Waals surface area contributed by atoms with E-state index in [2.05, 4.69) is 26.2 Å². The molecule has 3 rings (SSSR count). The highest BCUT2D eigenvalue weighted by Gasteiger charge is 2.24. The van der Waals surface area contributed by atoms with Crippen molar-refractivity contribution in [3.8, 4) is 0 Å². The van der Waals surface area contributed by atoms with Crippen molar-refractivity contribution in [2.24, 2.45) is 11.7 Å². The van der Waals surface area contributed by atoms with Crippen molar-refractivity contribution in [1.29, 1.82) is 0 Å². The summed E-state index contributed by atoms with van der Waals surface area (Å²) in [5, 5.41) is 4.51. The van der Waals surface area contributed by atoms with E-state index in [9.17, 15) is 9.59 Å². The van der Waals surface area contributed by atoms with Crippen molar-refractivity contribution in [2.45, 2.75) is 38.6 Å². The van der Waals surface area contributed by atoms with Crippen LogP contribution in [0.1, 0.15) is 43.0 Å². The molecule has 2 aromatic rings. The molecule has 1 aromatic heterocycles. The number of pyridine rings is 1. The summed E-state index contributed by atoms with van der Waals surface area (Å²) in [7, 11) is 0. The Morgan fingerprint density at radius 1 is 1.31 bits per heavy atom. The molecule has 1 amide bonds. The summed E-state index contributed by atoms with van der Waals surface area (Å²) < 4.78 is 5.86. The summed E-state index contributed by atoms with van der Waals surface area (Å²) in [6.07, 6.45) is 4.72. The maximum atomic E-state index is 12.1. The molecule has 1 aliphatic carbocycles. The molecule has 6 nitrogen and oxygen atoms in total. The van der Waals surface area contributed by atoms with Crippen LogP contribution in [0, 0.1) is 5.92 Å². The number of nitrogens with zero attached hydrogens (tertiary/aromatic N) is 1. The number of ketones is 1. The number of amides is 1. The number of rotatable bonds is 5. The molecule has 7 heteroatoms. The van der Waals surface area contributed by atoms with Gasteiger partial charge in [0.1, 0.15) is 0 Å². The summed E-state index contributed by atoms with van der Waals surface area (Å²) in [6, 6.07) is 6.13. The van der Waals surface area contributed by atoms with Crippen molar-refractivity contribution >= 4 is 44.4 Å². The SMILES string of the molecule is CC(=O)c1cnc2ccc(Br)cc2c1NC1CCC(COC(N)=O)CC1. The fraction of sp³-hybridized carbons (Fsp3) is 0.421. The molecule has 1 fully saturated rings. The number of primary amides is 1. The summed E-state index contributed by atoms with van der Waals surface area (Å²) in [5.41, 5.74) is 7.34. The lowest BCUT2D eigenvalue weighted by atomic mass is 9.86. The van der Waals surface area contributed by atoms with Crippen LogP contribution in [-0.2, 0) is 4.74 Å². The second-order valence-electron chi connectivity index (χ2n) is 6.76. The summed E-state index contributed by atoms with van der Waals surface area (Å²) in [5.74, 6) is 0.335. The molecular formula is C19H22BrN3O3. The zero-order valence-electron chi connectivity index (χ0n) is 14.6.